The molecule has 0 aliphatic heterocycles. The van der Waals surface area contributed by atoms with E-state index in [0.717, 1.165) is 34.1 Å². The molecule has 2 aromatic rings. The van der Waals surface area contributed by atoms with Gasteiger partial charge in [-0.1, -0.05) is 25.0 Å². The number of nitrogens with one attached hydrogen (secondary N) is 1. The summed E-state index contributed by atoms with van der Waals surface area (Å²) in [5.41, 5.74) is -2.72. The van der Waals surface area contributed by atoms with Gasteiger partial charge in [-0.05, 0) is 77.2 Å². The fourth-order valence-electron chi connectivity index (χ4n) is 3.92. The zero-order valence-corrected chi connectivity index (χ0v) is 18.1. The van der Waals surface area contributed by atoms with E-state index in [9.17, 15) is 23.1 Å². The van der Waals surface area contributed by atoms with Crippen LogP contribution in [0.5, 0.6) is 0 Å². The monoisotopic (exact) mass is 528 g/mol. The van der Waals surface area contributed by atoms with E-state index in [1.54, 1.807) is 0 Å². The Bertz CT molecular complexity index is 964. The molecule has 1 fully saturated rings. The summed E-state index contributed by atoms with van der Waals surface area (Å²) >= 11 is 2.16. The van der Waals surface area contributed by atoms with Crippen molar-refractivity contribution in [2.75, 3.05) is 5.32 Å². The first-order valence-corrected chi connectivity index (χ1v) is 10.6. The fraction of sp³-hybridized carbons (Fsp3) is 0.364. The number of nitrogens with zero attached hydrogens (tertiary/aromatic N) is 1. The minimum Gasteiger partial charge on any atom is -0.379 e. The number of hydrogen-bond acceptors (Lipinski definition) is 3. The third-order valence-corrected chi connectivity index (χ3v) is 6.23. The lowest BCUT2D eigenvalue weighted by Crippen LogP contribution is -2.50. The molecule has 1 aliphatic carbocycles. The van der Waals surface area contributed by atoms with Crippen molar-refractivity contribution in [2.24, 2.45) is 5.92 Å². The highest BCUT2D eigenvalue weighted by atomic mass is 127. The zero-order chi connectivity index (χ0) is 21.9. The van der Waals surface area contributed by atoms with E-state index in [2.05, 4.69) is 27.9 Å². The molecule has 1 atom stereocenters. The predicted molar refractivity (Wildman–Crippen MR) is 115 cm³/mol. The predicted octanol–water partition coefficient (Wildman–Crippen LogP) is 5.28. The Labute approximate surface area is 186 Å². The van der Waals surface area contributed by atoms with E-state index in [1.807, 2.05) is 24.3 Å². The van der Waals surface area contributed by atoms with Gasteiger partial charge in [0.25, 0.3) is 5.91 Å². The molecule has 1 unspecified atom stereocenters. The van der Waals surface area contributed by atoms with Gasteiger partial charge < -0.3 is 10.4 Å². The van der Waals surface area contributed by atoms with Gasteiger partial charge in [-0.3, -0.25) is 4.79 Å². The minimum atomic E-state index is -4.73. The van der Waals surface area contributed by atoms with Gasteiger partial charge in [0.2, 0.25) is 0 Å². The van der Waals surface area contributed by atoms with Crippen LogP contribution in [0.3, 0.4) is 0 Å². The lowest BCUT2D eigenvalue weighted by Gasteiger charge is -2.33. The SMILES string of the molecule is N#Cc1ccc(NC(=O)C(O)(Cc2ccc(I)cc2)C2CCCC2)cc1C(F)(F)F. The Morgan fingerprint density at radius 2 is 1.80 bits per heavy atom. The van der Waals surface area contributed by atoms with Crippen LogP contribution < -0.4 is 5.32 Å². The molecule has 0 radical (unpaired) electrons. The Balaban J connectivity index is 1.90. The number of aliphatic hydroxyl groups is 1. The van der Waals surface area contributed by atoms with Gasteiger partial charge in [0.05, 0.1) is 17.2 Å². The first-order chi connectivity index (χ1) is 14.1. The smallest absolute Gasteiger partial charge is 0.379 e. The molecular formula is C22H20F3IN2O2. The number of halogens is 4. The van der Waals surface area contributed by atoms with Crippen molar-refractivity contribution in [1.82, 2.24) is 0 Å². The van der Waals surface area contributed by atoms with Crippen LogP contribution in [-0.4, -0.2) is 16.6 Å². The van der Waals surface area contributed by atoms with Crippen LogP contribution >= 0.6 is 22.6 Å². The number of rotatable bonds is 5. The molecule has 2 N–H and O–H groups in total. The summed E-state index contributed by atoms with van der Waals surface area (Å²) < 4.78 is 40.7. The summed E-state index contributed by atoms with van der Waals surface area (Å²) in [6.07, 6.45) is -1.52. The van der Waals surface area contributed by atoms with Gasteiger partial charge in [0, 0.05) is 15.7 Å². The van der Waals surface area contributed by atoms with Crippen molar-refractivity contribution in [3.8, 4) is 6.07 Å². The molecule has 30 heavy (non-hydrogen) atoms. The lowest BCUT2D eigenvalue weighted by molar-refractivity contribution is -0.140. The lowest BCUT2D eigenvalue weighted by atomic mass is 9.80. The zero-order valence-electron chi connectivity index (χ0n) is 16.0. The van der Waals surface area contributed by atoms with E-state index in [4.69, 9.17) is 5.26 Å². The van der Waals surface area contributed by atoms with Crippen LogP contribution in [0.1, 0.15) is 42.4 Å². The number of benzene rings is 2. The first kappa shape index (κ1) is 22.6. The molecule has 4 nitrogen and oxygen atoms in total. The van der Waals surface area contributed by atoms with E-state index in [-0.39, 0.29) is 18.0 Å². The maximum atomic E-state index is 13.2. The van der Waals surface area contributed by atoms with E-state index in [1.165, 1.54) is 12.1 Å². The van der Waals surface area contributed by atoms with Crippen LogP contribution in [-0.2, 0) is 17.4 Å². The molecule has 0 aromatic heterocycles. The number of carbonyl (C=O) groups is 1. The van der Waals surface area contributed by atoms with E-state index in [0.29, 0.717) is 12.8 Å². The van der Waals surface area contributed by atoms with Crippen molar-refractivity contribution in [1.29, 1.82) is 5.26 Å². The summed E-state index contributed by atoms with van der Waals surface area (Å²) in [7, 11) is 0. The molecule has 1 aliphatic rings. The fourth-order valence-corrected chi connectivity index (χ4v) is 4.28. The normalized spacial score (nSPS) is 16.7. The highest BCUT2D eigenvalue weighted by Crippen LogP contribution is 2.38. The molecule has 3 rings (SSSR count). The Hall–Kier alpha value is -2.12. The average molecular weight is 528 g/mol. The number of amides is 1. The summed E-state index contributed by atoms with van der Waals surface area (Å²) in [6, 6.07) is 11.9. The quantitative estimate of drug-likeness (QED) is 0.519. The van der Waals surface area contributed by atoms with Gasteiger partial charge in [-0.15, -0.1) is 0 Å². The van der Waals surface area contributed by atoms with Crippen molar-refractivity contribution in [2.45, 2.75) is 43.9 Å². The average Bonchev–Trinajstić information content (AvgIpc) is 3.24. The molecule has 8 heteroatoms. The topological polar surface area (TPSA) is 73.1 Å². The molecule has 0 heterocycles. The summed E-state index contributed by atoms with van der Waals surface area (Å²) in [5.74, 6) is -1.01. The molecule has 0 spiro atoms. The van der Waals surface area contributed by atoms with Crippen LogP contribution in [0.4, 0.5) is 18.9 Å². The van der Waals surface area contributed by atoms with E-state index >= 15 is 0 Å². The van der Waals surface area contributed by atoms with Gasteiger partial charge in [0.15, 0.2) is 0 Å². The van der Waals surface area contributed by atoms with Crippen LogP contribution in [0.15, 0.2) is 42.5 Å². The summed E-state index contributed by atoms with van der Waals surface area (Å²) in [5, 5.41) is 22.8. The van der Waals surface area contributed by atoms with Crippen molar-refractivity contribution >= 4 is 34.2 Å². The third-order valence-electron chi connectivity index (χ3n) is 5.51. The Kier molecular flexibility index (Phi) is 6.72. The highest BCUT2D eigenvalue weighted by Gasteiger charge is 2.45. The molecule has 0 bridgehead atoms. The maximum absolute atomic E-state index is 13.2. The third kappa shape index (κ3) is 4.95. The van der Waals surface area contributed by atoms with Gasteiger partial charge in [-0.25, -0.2) is 0 Å². The standard InChI is InChI=1S/C22H20F3IN2O2/c23-22(24,25)19-11-18(10-7-15(19)13-27)28-20(29)21(30,16-3-1-2-4-16)12-14-5-8-17(26)9-6-14/h5-11,16,30H,1-4,12H2,(H,28,29). The summed E-state index contributed by atoms with van der Waals surface area (Å²) in [4.78, 5) is 13.1. The Morgan fingerprint density at radius 1 is 1.17 bits per heavy atom. The van der Waals surface area contributed by atoms with Gasteiger partial charge in [-0.2, -0.15) is 18.4 Å². The van der Waals surface area contributed by atoms with Gasteiger partial charge >= 0.3 is 6.18 Å². The second-order valence-corrected chi connectivity index (χ2v) is 8.78. The maximum Gasteiger partial charge on any atom is 0.417 e. The number of alkyl halides is 3. The van der Waals surface area contributed by atoms with E-state index < -0.39 is 28.8 Å². The number of hydrogen-bond donors (Lipinski definition) is 2. The number of carbonyl (C=O) groups excluding carboxylic acids is 1. The molecular weight excluding hydrogens is 508 g/mol. The van der Waals surface area contributed by atoms with Crippen molar-refractivity contribution < 1.29 is 23.1 Å². The molecule has 158 valence electrons. The molecule has 1 saturated carbocycles. The highest BCUT2D eigenvalue weighted by molar-refractivity contribution is 14.1. The molecule has 0 saturated heterocycles. The summed E-state index contributed by atoms with van der Waals surface area (Å²) in [6.45, 7) is 0. The van der Waals surface area contributed by atoms with Crippen molar-refractivity contribution in [3.63, 3.8) is 0 Å². The van der Waals surface area contributed by atoms with Crippen LogP contribution in [0.2, 0.25) is 0 Å². The van der Waals surface area contributed by atoms with Gasteiger partial charge in [0.1, 0.15) is 5.60 Å². The molecule has 1 amide bonds. The second kappa shape index (κ2) is 8.94. The first-order valence-electron chi connectivity index (χ1n) is 9.53. The minimum absolute atomic E-state index is 0.0722. The number of nitriles is 1. The van der Waals surface area contributed by atoms with Crippen LogP contribution in [0.25, 0.3) is 0 Å². The molecule has 2 aromatic carbocycles. The second-order valence-electron chi connectivity index (χ2n) is 7.53. The van der Waals surface area contributed by atoms with Crippen LogP contribution in [0, 0.1) is 20.8 Å². The van der Waals surface area contributed by atoms with Crippen molar-refractivity contribution in [3.05, 3.63) is 62.7 Å². The largest absolute Gasteiger partial charge is 0.417 e. The number of anilines is 1. The Morgan fingerprint density at radius 3 is 2.37 bits per heavy atom.